The number of carbonyl (C=O) groups excluding carboxylic acids is 2. The van der Waals surface area contributed by atoms with Gasteiger partial charge in [-0.1, -0.05) is 13.8 Å². The zero-order chi connectivity index (χ0) is 14.5. The molecule has 1 unspecified atom stereocenters. The van der Waals surface area contributed by atoms with Crippen LogP contribution in [-0.2, 0) is 9.59 Å². The Morgan fingerprint density at radius 3 is 2.35 bits per heavy atom. The molecule has 0 aliphatic carbocycles. The highest BCUT2D eigenvalue weighted by atomic mass is 16.2. The third kappa shape index (κ3) is 3.95. The summed E-state index contributed by atoms with van der Waals surface area (Å²) in [7, 11) is 0. The Hall–Kier alpha value is -1.10. The first-order valence-electron chi connectivity index (χ1n) is 7.88. The van der Waals surface area contributed by atoms with Crippen molar-refractivity contribution in [3.05, 3.63) is 0 Å². The van der Waals surface area contributed by atoms with Gasteiger partial charge < -0.3 is 15.1 Å². The molecule has 0 bridgehead atoms. The van der Waals surface area contributed by atoms with Crippen molar-refractivity contribution >= 4 is 11.8 Å². The molecule has 1 N–H and O–H groups in total. The number of hydrogen-bond donors (Lipinski definition) is 1. The maximum absolute atomic E-state index is 12.2. The summed E-state index contributed by atoms with van der Waals surface area (Å²) in [6.07, 6.45) is 4.01. The summed E-state index contributed by atoms with van der Waals surface area (Å²) in [4.78, 5) is 27.8. The maximum Gasteiger partial charge on any atom is 0.225 e. The number of piperazine rings is 1. The van der Waals surface area contributed by atoms with Gasteiger partial charge in [0.1, 0.15) is 0 Å². The van der Waals surface area contributed by atoms with Gasteiger partial charge >= 0.3 is 0 Å². The molecule has 2 fully saturated rings. The van der Waals surface area contributed by atoms with Crippen LogP contribution in [0.1, 0.15) is 39.5 Å². The number of nitrogens with one attached hydrogen (secondary N) is 1. The third-order valence-electron chi connectivity index (χ3n) is 4.31. The fourth-order valence-electron chi connectivity index (χ4n) is 3.00. The summed E-state index contributed by atoms with van der Waals surface area (Å²) >= 11 is 0. The van der Waals surface area contributed by atoms with E-state index in [0.717, 1.165) is 13.0 Å². The molecule has 2 heterocycles. The van der Waals surface area contributed by atoms with Crippen LogP contribution in [0.4, 0.5) is 0 Å². The molecule has 2 aliphatic heterocycles. The Bertz CT molecular complexity index is 343. The van der Waals surface area contributed by atoms with Crippen LogP contribution in [0.3, 0.4) is 0 Å². The fraction of sp³-hybridized carbons (Fsp3) is 0.867. The van der Waals surface area contributed by atoms with Crippen LogP contribution in [-0.4, -0.2) is 60.4 Å². The minimum atomic E-state index is 0.0469. The van der Waals surface area contributed by atoms with Gasteiger partial charge in [-0.05, 0) is 25.8 Å². The summed E-state index contributed by atoms with van der Waals surface area (Å²) in [6, 6.07) is 0.530. The predicted molar refractivity (Wildman–Crippen MR) is 78.3 cm³/mol. The first kappa shape index (κ1) is 15.3. The number of hydrogen-bond acceptors (Lipinski definition) is 3. The number of carbonyl (C=O) groups is 2. The van der Waals surface area contributed by atoms with E-state index in [2.05, 4.69) is 5.32 Å². The molecule has 1 atom stereocenters. The second-order valence-electron chi connectivity index (χ2n) is 6.19. The average molecular weight is 281 g/mol. The normalized spacial score (nSPS) is 23.4. The molecular formula is C15H27N3O2. The van der Waals surface area contributed by atoms with Gasteiger partial charge in [-0.3, -0.25) is 9.59 Å². The van der Waals surface area contributed by atoms with Crippen LogP contribution in [0.25, 0.3) is 0 Å². The molecule has 2 saturated heterocycles. The molecule has 0 radical (unpaired) electrons. The summed E-state index contributed by atoms with van der Waals surface area (Å²) in [5.41, 5.74) is 0. The first-order chi connectivity index (χ1) is 9.58. The van der Waals surface area contributed by atoms with E-state index in [1.165, 1.54) is 12.8 Å². The Kier molecular flexibility index (Phi) is 5.40. The van der Waals surface area contributed by atoms with Crippen molar-refractivity contribution in [2.45, 2.75) is 45.6 Å². The highest BCUT2D eigenvalue weighted by Crippen LogP contribution is 2.13. The highest BCUT2D eigenvalue weighted by molar-refractivity contribution is 5.79. The van der Waals surface area contributed by atoms with Gasteiger partial charge in [0, 0.05) is 44.6 Å². The Morgan fingerprint density at radius 1 is 1.15 bits per heavy atom. The van der Waals surface area contributed by atoms with Crippen LogP contribution >= 0.6 is 0 Å². The molecule has 0 aromatic rings. The van der Waals surface area contributed by atoms with Gasteiger partial charge in [-0.2, -0.15) is 0 Å². The lowest BCUT2D eigenvalue weighted by Crippen LogP contribution is -2.51. The molecular weight excluding hydrogens is 254 g/mol. The number of amides is 2. The maximum atomic E-state index is 12.2. The monoisotopic (exact) mass is 281 g/mol. The molecule has 0 saturated carbocycles. The quantitative estimate of drug-likeness (QED) is 0.831. The van der Waals surface area contributed by atoms with Gasteiger partial charge in [0.2, 0.25) is 11.8 Å². The van der Waals surface area contributed by atoms with Crippen molar-refractivity contribution in [2.24, 2.45) is 5.92 Å². The Balaban J connectivity index is 1.70. The summed E-state index contributed by atoms with van der Waals surface area (Å²) in [6.45, 7) is 7.69. The van der Waals surface area contributed by atoms with Gasteiger partial charge in [0.05, 0.1) is 0 Å². The van der Waals surface area contributed by atoms with Crippen LogP contribution in [0.15, 0.2) is 0 Å². The van der Waals surface area contributed by atoms with Crippen LogP contribution in [0.2, 0.25) is 0 Å². The molecule has 5 nitrogen and oxygen atoms in total. The second-order valence-corrected chi connectivity index (χ2v) is 6.19. The van der Waals surface area contributed by atoms with Crippen molar-refractivity contribution in [2.75, 3.05) is 32.7 Å². The zero-order valence-electron chi connectivity index (χ0n) is 12.7. The fourth-order valence-corrected chi connectivity index (χ4v) is 3.00. The topological polar surface area (TPSA) is 52.7 Å². The zero-order valence-corrected chi connectivity index (χ0v) is 12.7. The smallest absolute Gasteiger partial charge is 0.225 e. The summed E-state index contributed by atoms with van der Waals surface area (Å²) in [5.74, 6) is 0.494. The Morgan fingerprint density at radius 2 is 1.80 bits per heavy atom. The molecule has 2 amide bonds. The SMILES string of the molecule is CC(C)C(=O)N1CCN(C(=O)CCC2CCCN2)CC1. The van der Waals surface area contributed by atoms with Crippen molar-refractivity contribution in [1.29, 1.82) is 0 Å². The molecule has 2 rings (SSSR count). The van der Waals surface area contributed by atoms with Crippen molar-refractivity contribution in [3.8, 4) is 0 Å². The van der Waals surface area contributed by atoms with E-state index in [1.54, 1.807) is 0 Å². The minimum Gasteiger partial charge on any atom is -0.339 e. The van der Waals surface area contributed by atoms with Crippen LogP contribution < -0.4 is 5.32 Å². The summed E-state index contributed by atoms with van der Waals surface area (Å²) in [5, 5.41) is 3.43. The predicted octanol–water partition coefficient (Wildman–Crippen LogP) is 0.845. The lowest BCUT2D eigenvalue weighted by molar-refractivity contribution is -0.141. The molecule has 5 heteroatoms. The highest BCUT2D eigenvalue weighted by Gasteiger charge is 2.25. The van der Waals surface area contributed by atoms with E-state index in [0.29, 0.717) is 38.6 Å². The largest absolute Gasteiger partial charge is 0.339 e. The van der Waals surface area contributed by atoms with E-state index < -0.39 is 0 Å². The third-order valence-corrected chi connectivity index (χ3v) is 4.31. The van der Waals surface area contributed by atoms with Gasteiger partial charge in [0.25, 0.3) is 0 Å². The number of nitrogens with zero attached hydrogens (tertiary/aromatic N) is 2. The minimum absolute atomic E-state index is 0.0469. The van der Waals surface area contributed by atoms with Crippen LogP contribution in [0.5, 0.6) is 0 Å². The van der Waals surface area contributed by atoms with Gasteiger partial charge in [0.15, 0.2) is 0 Å². The first-order valence-corrected chi connectivity index (χ1v) is 7.88. The van der Waals surface area contributed by atoms with Gasteiger partial charge in [-0.25, -0.2) is 0 Å². The molecule has 0 aromatic heterocycles. The van der Waals surface area contributed by atoms with Crippen molar-refractivity contribution in [1.82, 2.24) is 15.1 Å². The average Bonchev–Trinajstić information content (AvgIpc) is 2.97. The van der Waals surface area contributed by atoms with Crippen molar-refractivity contribution in [3.63, 3.8) is 0 Å². The molecule has 0 aromatic carbocycles. The number of rotatable bonds is 4. The lowest BCUT2D eigenvalue weighted by Gasteiger charge is -2.35. The van der Waals surface area contributed by atoms with Crippen molar-refractivity contribution < 1.29 is 9.59 Å². The van der Waals surface area contributed by atoms with Gasteiger partial charge in [-0.15, -0.1) is 0 Å². The standard InChI is InChI=1S/C15H27N3O2/c1-12(2)15(20)18-10-8-17(9-11-18)14(19)6-5-13-4-3-7-16-13/h12-13,16H,3-11H2,1-2H3. The van der Waals surface area contributed by atoms with E-state index in [-0.39, 0.29) is 17.7 Å². The van der Waals surface area contributed by atoms with E-state index in [1.807, 2.05) is 23.6 Å². The second kappa shape index (κ2) is 7.07. The molecule has 20 heavy (non-hydrogen) atoms. The van der Waals surface area contributed by atoms with E-state index in [9.17, 15) is 9.59 Å². The van der Waals surface area contributed by atoms with Crippen LogP contribution in [0, 0.1) is 5.92 Å². The molecule has 2 aliphatic rings. The van der Waals surface area contributed by atoms with E-state index in [4.69, 9.17) is 0 Å². The molecule has 114 valence electrons. The lowest BCUT2D eigenvalue weighted by atomic mass is 10.1. The summed E-state index contributed by atoms with van der Waals surface area (Å²) < 4.78 is 0. The molecule has 0 spiro atoms. The van der Waals surface area contributed by atoms with E-state index >= 15 is 0 Å². The Labute approximate surface area is 121 Å².